The van der Waals surface area contributed by atoms with Crippen LogP contribution in [0.2, 0.25) is 0 Å². The predicted molar refractivity (Wildman–Crippen MR) is 78.5 cm³/mol. The average molecular weight is 262 g/mol. The van der Waals surface area contributed by atoms with Crippen molar-refractivity contribution in [2.75, 3.05) is 19.6 Å². The lowest BCUT2D eigenvalue weighted by Gasteiger charge is -2.18. The molecule has 0 spiro atoms. The number of nitrogens with two attached hydrogens (primary N) is 1. The summed E-state index contributed by atoms with van der Waals surface area (Å²) in [6.45, 7) is 6.38. The highest BCUT2D eigenvalue weighted by Gasteiger charge is 2.14. The lowest BCUT2D eigenvalue weighted by Crippen LogP contribution is -2.23. The zero-order chi connectivity index (χ0) is 12.8. The third-order valence-electron chi connectivity index (χ3n) is 3.46. The summed E-state index contributed by atoms with van der Waals surface area (Å²) in [6.07, 6.45) is 4.06. The van der Waals surface area contributed by atoms with Crippen molar-refractivity contribution in [1.29, 1.82) is 0 Å². The number of thiophene rings is 1. The van der Waals surface area contributed by atoms with Crippen molar-refractivity contribution >= 4 is 11.3 Å². The molecule has 2 N–H and O–H groups in total. The Balaban J connectivity index is 1.90. The van der Waals surface area contributed by atoms with Gasteiger partial charge in [-0.2, -0.15) is 0 Å². The molecule has 2 rings (SSSR count). The van der Waals surface area contributed by atoms with E-state index >= 15 is 0 Å². The quantitative estimate of drug-likeness (QED) is 0.830. The molecule has 1 aliphatic heterocycles. The summed E-state index contributed by atoms with van der Waals surface area (Å²) < 4.78 is 0. The van der Waals surface area contributed by atoms with Crippen LogP contribution < -0.4 is 5.73 Å². The van der Waals surface area contributed by atoms with Crippen LogP contribution in [0.3, 0.4) is 0 Å². The second kappa shape index (κ2) is 6.94. The van der Waals surface area contributed by atoms with Crippen LogP contribution in [0.5, 0.6) is 0 Å². The molecule has 1 fully saturated rings. The zero-order valence-corrected chi connectivity index (χ0v) is 11.9. The maximum Gasteiger partial charge on any atom is 0.0772 e. The summed E-state index contributed by atoms with van der Waals surface area (Å²) in [5.41, 5.74) is 5.39. The summed E-state index contributed by atoms with van der Waals surface area (Å²) >= 11 is 1.80. The molecule has 1 atom stereocenters. The van der Waals surface area contributed by atoms with Gasteiger partial charge in [-0.3, -0.25) is 4.90 Å². The largest absolute Gasteiger partial charge is 0.320 e. The first kappa shape index (κ1) is 13.6. The maximum atomic E-state index is 5.39. The molecule has 98 valence electrons. The minimum atomic E-state index is 0.442. The van der Waals surface area contributed by atoms with E-state index in [1.54, 1.807) is 11.3 Å². The molecule has 1 aromatic rings. The average Bonchev–Trinajstić information content (AvgIpc) is 2.70. The van der Waals surface area contributed by atoms with E-state index < -0.39 is 0 Å². The van der Waals surface area contributed by atoms with Crippen molar-refractivity contribution in [3.8, 4) is 11.8 Å². The predicted octanol–water partition coefficient (Wildman–Crippen LogP) is 2.68. The van der Waals surface area contributed by atoms with E-state index in [1.165, 1.54) is 37.2 Å². The number of nitrogens with zero attached hydrogens (tertiary/aromatic N) is 1. The molecule has 0 aliphatic carbocycles. The minimum Gasteiger partial charge on any atom is -0.320 e. The first-order valence-corrected chi connectivity index (χ1v) is 7.59. The number of likely N-dealkylation sites (tertiary alicyclic amines) is 1. The Hall–Kier alpha value is -0.820. The van der Waals surface area contributed by atoms with E-state index in [0.717, 1.165) is 17.3 Å². The summed E-state index contributed by atoms with van der Waals surface area (Å²) in [7, 11) is 0. The standard InChI is InChI=1S/C15H22N2S/c1-13-4-3-10-17(11-8-13)12-15-7-6-14(18-15)5-2-9-16/h6-7,13H,3-4,8-12,16H2,1H3. The van der Waals surface area contributed by atoms with E-state index in [1.807, 2.05) is 0 Å². The van der Waals surface area contributed by atoms with E-state index in [0.29, 0.717) is 6.54 Å². The van der Waals surface area contributed by atoms with E-state index in [9.17, 15) is 0 Å². The fourth-order valence-corrected chi connectivity index (χ4v) is 3.29. The molecule has 18 heavy (non-hydrogen) atoms. The van der Waals surface area contributed by atoms with E-state index in [2.05, 4.69) is 35.8 Å². The van der Waals surface area contributed by atoms with Gasteiger partial charge in [0, 0.05) is 11.4 Å². The number of rotatable bonds is 2. The lowest BCUT2D eigenvalue weighted by molar-refractivity contribution is 0.276. The lowest BCUT2D eigenvalue weighted by atomic mass is 10.0. The Morgan fingerprint density at radius 3 is 3.11 bits per heavy atom. The Labute approximate surface area is 114 Å². The van der Waals surface area contributed by atoms with Gasteiger partial charge in [0.05, 0.1) is 11.4 Å². The van der Waals surface area contributed by atoms with Crippen LogP contribution >= 0.6 is 11.3 Å². The summed E-state index contributed by atoms with van der Waals surface area (Å²) in [5.74, 6) is 6.91. The van der Waals surface area contributed by atoms with Crippen LogP contribution in [0.4, 0.5) is 0 Å². The van der Waals surface area contributed by atoms with Gasteiger partial charge in [0.1, 0.15) is 0 Å². The van der Waals surface area contributed by atoms with Gasteiger partial charge in [-0.05, 0) is 50.4 Å². The molecule has 1 unspecified atom stereocenters. The maximum absolute atomic E-state index is 5.39. The molecule has 1 aromatic heterocycles. The second-order valence-electron chi connectivity index (χ2n) is 5.08. The molecule has 0 radical (unpaired) electrons. The molecule has 1 saturated heterocycles. The Bertz CT molecular complexity index is 427. The molecule has 3 heteroatoms. The van der Waals surface area contributed by atoms with Gasteiger partial charge in [-0.25, -0.2) is 0 Å². The van der Waals surface area contributed by atoms with Crippen LogP contribution in [0.25, 0.3) is 0 Å². The monoisotopic (exact) mass is 262 g/mol. The minimum absolute atomic E-state index is 0.442. The fourth-order valence-electron chi connectivity index (χ4n) is 2.37. The first-order chi connectivity index (χ1) is 8.78. The van der Waals surface area contributed by atoms with Crippen LogP contribution in [0.1, 0.15) is 35.9 Å². The van der Waals surface area contributed by atoms with Crippen molar-refractivity contribution < 1.29 is 0 Å². The summed E-state index contributed by atoms with van der Waals surface area (Å²) in [5, 5.41) is 0. The molecule has 1 aliphatic rings. The number of hydrogen-bond acceptors (Lipinski definition) is 3. The second-order valence-corrected chi connectivity index (χ2v) is 6.25. The summed E-state index contributed by atoms with van der Waals surface area (Å²) in [6, 6.07) is 4.32. The van der Waals surface area contributed by atoms with E-state index in [-0.39, 0.29) is 0 Å². The van der Waals surface area contributed by atoms with Crippen molar-refractivity contribution in [1.82, 2.24) is 4.90 Å². The van der Waals surface area contributed by atoms with Gasteiger partial charge in [0.2, 0.25) is 0 Å². The molecule has 0 amide bonds. The molecule has 2 nitrogen and oxygen atoms in total. The third-order valence-corrected chi connectivity index (χ3v) is 4.45. The van der Waals surface area contributed by atoms with Crippen LogP contribution in [0, 0.1) is 17.8 Å². The molecule has 2 heterocycles. The fraction of sp³-hybridized carbons (Fsp3) is 0.600. The van der Waals surface area contributed by atoms with Gasteiger partial charge >= 0.3 is 0 Å². The zero-order valence-electron chi connectivity index (χ0n) is 11.1. The first-order valence-electron chi connectivity index (χ1n) is 6.78. The van der Waals surface area contributed by atoms with Crippen molar-refractivity contribution in [3.63, 3.8) is 0 Å². The molecular weight excluding hydrogens is 240 g/mol. The Morgan fingerprint density at radius 2 is 2.28 bits per heavy atom. The highest BCUT2D eigenvalue weighted by Crippen LogP contribution is 2.21. The number of hydrogen-bond donors (Lipinski definition) is 1. The molecular formula is C15H22N2S. The highest BCUT2D eigenvalue weighted by molar-refractivity contribution is 7.12. The topological polar surface area (TPSA) is 29.3 Å². The third kappa shape index (κ3) is 4.13. The van der Waals surface area contributed by atoms with E-state index in [4.69, 9.17) is 5.73 Å². The molecule has 0 saturated carbocycles. The van der Waals surface area contributed by atoms with Gasteiger partial charge in [-0.15, -0.1) is 11.3 Å². The SMILES string of the molecule is CC1CCCN(Cc2ccc(C#CCN)s2)CC1. The van der Waals surface area contributed by atoms with Gasteiger partial charge in [0.25, 0.3) is 0 Å². The molecule has 0 aromatic carbocycles. The van der Waals surface area contributed by atoms with Crippen molar-refractivity contribution in [3.05, 3.63) is 21.9 Å². The van der Waals surface area contributed by atoms with Crippen LogP contribution in [-0.2, 0) is 6.54 Å². The van der Waals surface area contributed by atoms with Gasteiger partial charge in [-0.1, -0.05) is 18.8 Å². The van der Waals surface area contributed by atoms with Crippen LogP contribution in [0.15, 0.2) is 12.1 Å². The summed E-state index contributed by atoms with van der Waals surface area (Å²) in [4.78, 5) is 5.14. The smallest absolute Gasteiger partial charge is 0.0772 e. The molecule has 0 bridgehead atoms. The normalized spacial score (nSPS) is 21.1. The van der Waals surface area contributed by atoms with Crippen molar-refractivity contribution in [2.45, 2.75) is 32.7 Å². The Kier molecular flexibility index (Phi) is 5.25. The van der Waals surface area contributed by atoms with Crippen molar-refractivity contribution in [2.24, 2.45) is 11.7 Å². The van der Waals surface area contributed by atoms with Crippen LogP contribution in [-0.4, -0.2) is 24.5 Å². The Morgan fingerprint density at radius 1 is 1.39 bits per heavy atom. The highest BCUT2D eigenvalue weighted by atomic mass is 32.1. The van der Waals surface area contributed by atoms with Gasteiger partial charge in [0.15, 0.2) is 0 Å². The van der Waals surface area contributed by atoms with Gasteiger partial charge < -0.3 is 5.73 Å².